The van der Waals surface area contributed by atoms with Crippen LogP contribution in [0.15, 0.2) is 89.6 Å². The lowest BCUT2D eigenvalue weighted by atomic mass is 10.2. The van der Waals surface area contributed by atoms with Crippen LogP contribution in [-0.4, -0.2) is 37.7 Å². The molecule has 0 radical (unpaired) electrons. The maximum Gasteiger partial charge on any atom is 0.283 e. The van der Waals surface area contributed by atoms with Crippen molar-refractivity contribution >= 4 is 34.6 Å². The van der Waals surface area contributed by atoms with Gasteiger partial charge in [-0.05, 0) is 48.0 Å². The summed E-state index contributed by atoms with van der Waals surface area (Å²) in [7, 11) is 3.22. The molecular formula is C26H24N2O4S. The molecular weight excluding hydrogens is 436 g/mol. The van der Waals surface area contributed by atoms with E-state index in [2.05, 4.69) is 4.99 Å². The molecule has 7 heteroatoms. The van der Waals surface area contributed by atoms with E-state index in [1.807, 2.05) is 78.9 Å². The lowest BCUT2D eigenvalue weighted by Crippen LogP contribution is -2.30. The standard InChI is InChI=1S/C26H24N2O4S/c1-30-21-13-11-19(12-14-21)17-24-25(29)28(20-7-6-10-23(18-20)31-2)26(27-24)33-16-15-32-22-8-4-3-5-9-22/h3-14,17-18H,15-16H2,1-2H3/b24-17+. The summed E-state index contributed by atoms with van der Waals surface area (Å²) < 4.78 is 16.3. The molecule has 1 amide bonds. The Hall–Kier alpha value is -3.71. The van der Waals surface area contributed by atoms with Crippen LogP contribution in [0, 0.1) is 0 Å². The Kier molecular flexibility index (Phi) is 7.32. The first-order chi connectivity index (χ1) is 16.2. The molecule has 0 unspecified atom stereocenters. The second-order valence-electron chi connectivity index (χ2n) is 7.05. The fourth-order valence-corrected chi connectivity index (χ4v) is 4.07. The van der Waals surface area contributed by atoms with Gasteiger partial charge in [-0.15, -0.1) is 0 Å². The fraction of sp³-hybridized carbons (Fsp3) is 0.154. The van der Waals surface area contributed by atoms with E-state index in [0.717, 1.165) is 17.1 Å². The van der Waals surface area contributed by atoms with Gasteiger partial charge in [-0.2, -0.15) is 0 Å². The predicted octanol–water partition coefficient (Wildman–Crippen LogP) is 5.26. The molecule has 6 nitrogen and oxygen atoms in total. The maximum atomic E-state index is 13.3. The highest BCUT2D eigenvalue weighted by Crippen LogP contribution is 2.31. The van der Waals surface area contributed by atoms with Crippen molar-refractivity contribution in [1.29, 1.82) is 0 Å². The minimum absolute atomic E-state index is 0.189. The molecule has 3 aromatic rings. The molecule has 33 heavy (non-hydrogen) atoms. The molecule has 0 N–H and O–H groups in total. The molecule has 168 valence electrons. The van der Waals surface area contributed by atoms with Gasteiger partial charge < -0.3 is 14.2 Å². The molecule has 4 rings (SSSR count). The van der Waals surface area contributed by atoms with Gasteiger partial charge in [0.05, 0.1) is 26.5 Å². The van der Waals surface area contributed by atoms with Crippen LogP contribution < -0.4 is 19.1 Å². The summed E-state index contributed by atoms with van der Waals surface area (Å²) in [6, 6.07) is 24.5. The maximum absolute atomic E-state index is 13.3. The van der Waals surface area contributed by atoms with Gasteiger partial charge in [0, 0.05) is 11.8 Å². The first kappa shape index (κ1) is 22.5. The number of benzene rings is 3. The highest BCUT2D eigenvalue weighted by molar-refractivity contribution is 8.14. The number of rotatable bonds is 8. The Morgan fingerprint density at radius 2 is 1.61 bits per heavy atom. The van der Waals surface area contributed by atoms with Crippen LogP contribution >= 0.6 is 11.8 Å². The Bertz CT molecular complexity index is 1160. The third-order valence-corrected chi connectivity index (χ3v) is 5.79. The quantitative estimate of drug-likeness (QED) is 0.339. The van der Waals surface area contributed by atoms with Crippen molar-refractivity contribution in [2.75, 3.05) is 31.5 Å². The zero-order valence-electron chi connectivity index (χ0n) is 18.4. The van der Waals surface area contributed by atoms with Crippen LogP contribution in [0.25, 0.3) is 6.08 Å². The molecule has 0 spiro atoms. The first-order valence-corrected chi connectivity index (χ1v) is 11.4. The van der Waals surface area contributed by atoms with Gasteiger partial charge in [0.1, 0.15) is 22.9 Å². The molecule has 0 atom stereocenters. The number of aliphatic imine (C=N–C) groups is 1. The minimum Gasteiger partial charge on any atom is -0.497 e. The zero-order chi connectivity index (χ0) is 23.0. The third-order valence-electron chi connectivity index (χ3n) is 4.89. The summed E-state index contributed by atoms with van der Waals surface area (Å²) >= 11 is 1.47. The molecule has 1 aliphatic heterocycles. The summed E-state index contributed by atoms with van der Waals surface area (Å²) in [6.07, 6.45) is 1.78. The highest BCUT2D eigenvalue weighted by atomic mass is 32.2. The summed E-state index contributed by atoms with van der Waals surface area (Å²) in [4.78, 5) is 19.6. The molecule has 0 aromatic heterocycles. The molecule has 1 aliphatic rings. The fourth-order valence-electron chi connectivity index (χ4n) is 3.24. The highest BCUT2D eigenvalue weighted by Gasteiger charge is 2.32. The van der Waals surface area contributed by atoms with E-state index in [1.54, 1.807) is 25.2 Å². The van der Waals surface area contributed by atoms with Crippen molar-refractivity contribution in [2.45, 2.75) is 0 Å². The largest absolute Gasteiger partial charge is 0.497 e. The van der Waals surface area contributed by atoms with E-state index in [9.17, 15) is 4.79 Å². The Labute approximate surface area is 197 Å². The van der Waals surface area contributed by atoms with Crippen molar-refractivity contribution in [3.63, 3.8) is 0 Å². The second kappa shape index (κ2) is 10.7. The zero-order valence-corrected chi connectivity index (χ0v) is 19.2. The number of carbonyl (C=O) groups excluding carboxylic acids is 1. The number of ether oxygens (including phenoxy) is 3. The van der Waals surface area contributed by atoms with E-state index >= 15 is 0 Å². The van der Waals surface area contributed by atoms with Gasteiger partial charge >= 0.3 is 0 Å². The number of methoxy groups -OCH3 is 2. The monoisotopic (exact) mass is 460 g/mol. The molecule has 0 saturated carbocycles. The number of hydrogen-bond donors (Lipinski definition) is 0. The van der Waals surface area contributed by atoms with E-state index in [4.69, 9.17) is 14.2 Å². The third kappa shape index (κ3) is 5.56. The van der Waals surface area contributed by atoms with Crippen LogP contribution in [0.2, 0.25) is 0 Å². The lowest BCUT2D eigenvalue weighted by Gasteiger charge is -2.18. The molecule has 0 bridgehead atoms. The molecule has 1 heterocycles. The molecule has 0 aliphatic carbocycles. The number of amidine groups is 1. The normalized spacial score (nSPS) is 14.4. The van der Waals surface area contributed by atoms with Crippen LogP contribution in [0.1, 0.15) is 5.56 Å². The van der Waals surface area contributed by atoms with E-state index in [1.165, 1.54) is 11.8 Å². The summed E-state index contributed by atoms with van der Waals surface area (Å²) in [5.41, 5.74) is 1.94. The van der Waals surface area contributed by atoms with Crippen molar-refractivity contribution in [3.05, 3.63) is 90.1 Å². The number of anilines is 1. The van der Waals surface area contributed by atoms with Crippen LogP contribution in [0.3, 0.4) is 0 Å². The van der Waals surface area contributed by atoms with E-state index < -0.39 is 0 Å². The number of para-hydroxylation sites is 1. The topological polar surface area (TPSA) is 60.4 Å². The Balaban J connectivity index is 1.55. The summed E-state index contributed by atoms with van der Waals surface area (Å²) in [6.45, 7) is 0.491. The van der Waals surface area contributed by atoms with Gasteiger partial charge in [-0.25, -0.2) is 4.99 Å². The Morgan fingerprint density at radius 3 is 2.33 bits per heavy atom. The average molecular weight is 461 g/mol. The SMILES string of the molecule is COc1ccc(/C=C2/N=C(SCCOc3ccccc3)N(c3cccc(OC)c3)C2=O)cc1. The van der Waals surface area contributed by atoms with Gasteiger partial charge in [-0.1, -0.05) is 48.2 Å². The van der Waals surface area contributed by atoms with E-state index in [0.29, 0.717) is 34.7 Å². The second-order valence-corrected chi connectivity index (χ2v) is 8.11. The number of hydrogen-bond acceptors (Lipinski definition) is 6. The van der Waals surface area contributed by atoms with Crippen LogP contribution in [-0.2, 0) is 4.79 Å². The summed E-state index contributed by atoms with van der Waals surface area (Å²) in [5, 5.41) is 0.602. The Morgan fingerprint density at radius 1 is 0.879 bits per heavy atom. The number of nitrogens with zero attached hydrogens (tertiary/aromatic N) is 2. The van der Waals surface area contributed by atoms with Gasteiger partial charge in [0.2, 0.25) is 0 Å². The van der Waals surface area contributed by atoms with Gasteiger partial charge in [0.25, 0.3) is 5.91 Å². The van der Waals surface area contributed by atoms with Crippen LogP contribution in [0.5, 0.6) is 17.2 Å². The number of thioether (sulfide) groups is 1. The predicted molar refractivity (Wildman–Crippen MR) is 133 cm³/mol. The molecule has 0 fully saturated rings. The van der Waals surface area contributed by atoms with Crippen LogP contribution in [0.4, 0.5) is 5.69 Å². The molecule has 0 saturated heterocycles. The number of amides is 1. The smallest absolute Gasteiger partial charge is 0.283 e. The van der Waals surface area contributed by atoms with Crippen molar-refractivity contribution in [3.8, 4) is 17.2 Å². The minimum atomic E-state index is -0.189. The van der Waals surface area contributed by atoms with Crippen molar-refractivity contribution < 1.29 is 19.0 Å². The summed E-state index contributed by atoms with van der Waals surface area (Å²) in [5.74, 6) is 2.69. The number of carbonyl (C=O) groups is 1. The molecule has 3 aromatic carbocycles. The first-order valence-electron chi connectivity index (χ1n) is 10.4. The van der Waals surface area contributed by atoms with Crippen molar-refractivity contribution in [2.24, 2.45) is 4.99 Å². The lowest BCUT2D eigenvalue weighted by molar-refractivity contribution is -0.113. The van der Waals surface area contributed by atoms with Gasteiger partial charge in [-0.3, -0.25) is 9.69 Å². The van der Waals surface area contributed by atoms with Crippen molar-refractivity contribution in [1.82, 2.24) is 0 Å². The van der Waals surface area contributed by atoms with E-state index in [-0.39, 0.29) is 5.91 Å². The average Bonchev–Trinajstić information content (AvgIpc) is 3.17. The van der Waals surface area contributed by atoms with Gasteiger partial charge in [0.15, 0.2) is 5.17 Å².